The summed E-state index contributed by atoms with van der Waals surface area (Å²) in [6, 6.07) is 0. The normalized spacial score (nSPS) is 27.6. The molecular formula is C29H54BN2O3. The zero-order valence-corrected chi connectivity index (χ0v) is 25.1. The first-order valence-electron chi connectivity index (χ1n) is 13.5. The Hall–Kier alpha value is -1.01. The molecule has 5 nitrogen and oxygen atoms in total. The molecule has 3 unspecified atom stereocenters. The van der Waals surface area contributed by atoms with Gasteiger partial charge in [0.1, 0.15) is 17.8 Å². The van der Waals surface area contributed by atoms with Gasteiger partial charge in [0.25, 0.3) is 7.41 Å². The number of nitrogens with one attached hydrogen (secondary N) is 1. The van der Waals surface area contributed by atoms with Crippen LogP contribution in [0.15, 0.2) is 0 Å². The van der Waals surface area contributed by atoms with Crippen molar-refractivity contribution in [2.45, 2.75) is 139 Å². The number of aldehydes is 1. The first kappa shape index (κ1) is 32.0. The Balaban J connectivity index is 3.55. The van der Waals surface area contributed by atoms with Gasteiger partial charge in [-0.1, -0.05) is 55.4 Å². The Morgan fingerprint density at radius 1 is 0.971 bits per heavy atom. The molecule has 201 valence electrons. The van der Waals surface area contributed by atoms with E-state index in [1.165, 1.54) is 0 Å². The highest BCUT2D eigenvalue weighted by molar-refractivity contribution is 6.74. The predicted molar refractivity (Wildman–Crippen MR) is 148 cm³/mol. The number of hydrogen-bond donors (Lipinski definition) is 1. The lowest BCUT2D eigenvalue weighted by molar-refractivity contribution is -0.135. The van der Waals surface area contributed by atoms with Gasteiger partial charge in [0.2, 0.25) is 0 Å². The topological polar surface area (TPSA) is 66.5 Å². The first-order chi connectivity index (χ1) is 15.6. The van der Waals surface area contributed by atoms with Gasteiger partial charge in [-0.15, -0.1) is 0 Å². The summed E-state index contributed by atoms with van der Waals surface area (Å²) >= 11 is 0. The third kappa shape index (κ3) is 7.50. The average molecular weight is 490 g/mol. The number of ketones is 1. The van der Waals surface area contributed by atoms with E-state index in [1.807, 2.05) is 20.8 Å². The van der Waals surface area contributed by atoms with Crippen LogP contribution in [0, 0.1) is 22.2 Å². The molecule has 0 amide bonds. The van der Waals surface area contributed by atoms with E-state index in [9.17, 15) is 14.4 Å². The quantitative estimate of drug-likeness (QED) is 0.327. The fourth-order valence-electron chi connectivity index (χ4n) is 6.68. The van der Waals surface area contributed by atoms with Crippen LogP contribution in [0.5, 0.6) is 0 Å². The smallest absolute Gasteiger partial charge is 0.298 e. The van der Waals surface area contributed by atoms with Crippen LogP contribution in [0.25, 0.3) is 0 Å². The Kier molecular flexibility index (Phi) is 9.86. The lowest BCUT2D eigenvalue weighted by atomic mass is 9.60. The fraction of sp³-hybridized carbons (Fsp3) is 0.897. The van der Waals surface area contributed by atoms with E-state index in [2.05, 4.69) is 72.4 Å². The van der Waals surface area contributed by atoms with Crippen molar-refractivity contribution >= 4 is 25.2 Å². The molecular weight excluding hydrogens is 435 g/mol. The van der Waals surface area contributed by atoms with Crippen molar-refractivity contribution in [3.63, 3.8) is 0 Å². The number of hydrogen-bond acceptors (Lipinski definition) is 5. The summed E-state index contributed by atoms with van der Waals surface area (Å²) in [6.07, 6.45) is 5.03. The third-order valence-corrected chi connectivity index (χ3v) is 8.92. The van der Waals surface area contributed by atoms with Gasteiger partial charge in [0.05, 0.1) is 11.1 Å². The molecule has 0 aromatic carbocycles. The molecule has 0 aromatic heterocycles. The van der Waals surface area contributed by atoms with Crippen molar-refractivity contribution in [1.29, 1.82) is 0 Å². The Morgan fingerprint density at radius 3 is 1.94 bits per heavy atom. The number of nitrogens with zero attached hydrogens (tertiary/aromatic N) is 1. The Labute approximate surface area is 217 Å². The van der Waals surface area contributed by atoms with E-state index < -0.39 is 11.1 Å². The van der Waals surface area contributed by atoms with Gasteiger partial charge < -0.3 is 14.8 Å². The molecule has 1 N–H and O–H groups in total. The molecule has 0 bridgehead atoms. The Morgan fingerprint density at radius 2 is 1.51 bits per heavy atom. The van der Waals surface area contributed by atoms with Crippen LogP contribution < -0.4 is 5.23 Å². The summed E-state index contributed by atoms with van der Waals surface area (Å²) < 4.78 is 0. The van der Waals surface area contributed by atoms with Crippen molar-refractivity contribution in [3.05, 3.63) is 0 Å². The second-order valence-corrected chi connectivity index (χ2v) is 14.5. The highest BCUT2D eigenvalue weighted by atomic mass is 16.1. The summed E-state index contributed by atoms with van der Waals surface area (Å²) in [5, 5.41) is 3.17. The van der Waals surface area contributed by atoms with E-state index in [1.54, 1.807) is 14.3 Å². The van der Waals surface area contributed by atoms with Gasteiger partial charge in [0.15, 0.2) is 0 Å². The molecule has 0 aliphatic carbocycles. The molecule has 1 heterocycles. The number of Topliss-reactive ketones (excluding diaryl/α,β-unsaturated/α-hetero) is 1. The lowest BCUT2D eigenvalue weighted by Gasteiger charge is -2.56. The SMILES string of the molecule is CCC(C)(N[B]C(=O)C(C)(CC)N1CC(C)(C)CC(C)(C)CC(C=O)C(C)(C)CC1(C)C)C(C)=O. The van der Waals surface area contributed by atoms with E-state index >= 15 is 0 Å². The van der Waals surface area contributed by atoms with Crippen molar-refractivity contribution in [2.24, 2.45) is 22.2 Å². The van der Waals surface area contributed by atoms with Gasteiger partial charge >= 0.3 is 0 Å². The summed E-state index contributed by atoms with van der Waals surface area (Å²) in [5.74, 6) is -0.0308. The minimum absolute atomic E-state index is 0.00420. The predicted octanol–water partition coefficient (Wildman–Crippen LogP) is 5.81. The average Bonchev–Trinajstić information content (AvgIpc) is 2.70. The molecule has 1 saturated heterocycles. The van der Waals surface area contributed by atoms with E-state index in [0.29, 0.717) is 12.8 Å². The molecule has 3 atom stereocenters. The van der Waals surface area contributed by atoms with Crippen molar-refractivity contribution in [2.75, 3.05) is 6.54 Å². The maximum Gasteiger partial charge on any atom is 0.298 e. The molecule has 1 aliphatic heterocycles. The zero-order valence-electron chi connectivity index (χ0n) is 25.1. The summed E-state index contributed by atoms with van der Waals surface area (Å²) in [5.41, 5.74) is -2.11. The first-order valence-corrected chi connectivity index (χ1v) is 13.5. The molecule has 35 heavy (non-hydrogen) atoms. The molecule has 6 heteroatoms. The van der Waals surface area contributed by atoms with E-state index in [4.69, 9.17) is 0 Å². The maximum atomic E-state index is 13.9. The van der Waals surface area contributed by atoms with Gasteiger partial charge in [-0.2, -0.15) is 0 Å². The molecule has 0 aromatic rings. The van der Waals surface area contributed by atoms with Crippen LogP contribution in [0.3, 0.4) is 0 Å². The van der Waals surface area contributed by atoms with Crippen LogP contribution in [0.2, 0.25) is 0 Å². The lowest BCUT2D eigenvalue weighted by Crippen LogP contribution is -2.66. The summed E-state index contributed by atoms with van der Waals surface area (Å²) in [4.78, 5) is 40.8. The molecule has 0 saturated carbocycles. The largest absolute Gasteiger partial charge is 0.342 e. The number of rotatable bonds is 9. The van der Waals surface area contributed by atoms with Crippen molar-refractivity contribution in [3.8, 4) is 0 Å². The summed E-state index contributed by atoms with van der Waals surface area (Å²) in [7, 11) is 1.54. The van der Waals surface area contributed by atoms with Crippen molar-refractivity contribution < 1.29 is 14.4 Å². The third-order valence-electron chi connectivity index (χ3n) is 8.92. The van der Waals surface area contributed by atoms with Crippen molar-refractivity contribution in [1.82, 2.24) is 10.1 Å². The minimum atomic E-state index is -0.756. The number of carbonyl (C=O) groups is 3. The molecule has 1 radical (unpaired) electrons. The standard InChI is InChI=1S/C29H54BN2O3/c1-14-28(12,21(3)34)31-30-23(35)29(13,15-2)32-20-25(6,7)18-24(4,5)16-22(17-33)26(8,9)19-27(32,10)11/h17,22,31H,14-16,18-20H2,1-13H3. The highest BCUT2D eigenvalue weighted by Gasteiger charge is 2.51. The van der Waals surface area contributed by atoms with Gasteiger partial charge in [-0.05, 0) is 83.0 Å². The van der Waals surface area contributed by atoms with Crippen LogP contribution in [0.1, 0.15) is 122 Å². The molecule has 0 spiro atoms. The van der Waals surface area contributed by atoms with Gasteiger partial charge in [-0.3, -0.25) is 9.69 Å². The monoisotopic (exact) mass is 489 g/mol. The van der Waals surface area contributed by atoms with Crippen LogP contribution in [-0.4, -0.2) is 53.2 Å². The van der Waals surface area contributed by atoms with Crippen LogP contribution in [-0.2, 0) is 14.4 Å². The van der Waals surface area contributed by atoms with E-state index in [0.717, 1.165) is 32.1 Å². The Bertz CT molecular complexity index is 789. The highest BCUT2D eigenvalue weighted by Crippen LogP contribution is 2.49. The molecule has 1 rings (SSSR count). The van der Waals surface area contributed by atoms with Gasteiger partial charge in [-0.25, -0.2) is 0 Å². The second-order valence-electron chi connectivity index (χ2n) is 14.5. The fourth-order valence-corrected chi connectivity index (χ4v) is 6.68. The minimum Gasteiger partial charge on any atom is -0.342 e. The van der Waals surface area contributed by atoms with Crippen LogP contribution >= 0.6 is 0 Å². The van der Waals surface area contributed by atoms with Crippen LogP contribution in [0.4, 0.5) is 0 Å². The maximum absolute atomic E-state index is 13.9. The second kappa shape index (κ2) is 10.8. The molecule has 1 aliphatic rings. The number of carbonyl (C=O) groups excluding carboxylic acids is 3. The zero-order chi connectivity index (χ0) is 27.7. The van der Waals surface area contributed by atoms with E-state index in [-0.39, 0.29) is 39.2 Å². The summed E-state index contributed by atoms with van der Waals surface area (Å²) in [6.45, 7) is 28.2. The van der Waals surface area contributed by atoms with Gasteiger partial charge in [0, 0.05) is 18.0 Å². The molecule has 1 fully saturated rings.